The van der Waals surface area contributed by atoms with Crippen molar-refractivity contribution in [1.82, 2.24) is 25.5 Å². The molecular formula is C8H5N5O. The predicted octanol–water partition coefficient (Wildman–Crippen LogP) is 1.01. The fourth-order valence-electron chi connectivity index (χ4n) is 1.31. The Bertz CT molecular complexity index is 556. The molecule has 0 aliphatic carbocycles. The van der Waals surface area contributed by atoms with Crippen molar-refractivity contribution in [2.24, 2.45) is 0 Å². The van der Waals surface area contributed by atoms with E-state index in [0.717, 1.165) is 16.6 Å². The van der Waals surface area contributed by atoms with Gasteiger partial charge in [-0.3, -0.25) is 0 Å². The summed E-state index contributed by atoms with van der Waals surface area (Å²) in [5.74, 6) is 0.468. The van der Waals surface area contributed by atoms with E-state index in [9.17, 15) is 0 Å². The second-order valence-electron chi connectivity index (χ2n) is 2.81. The molecule has 6 nitrogen and oxygen atoms in total. The molecule has 3 rings (SSSR count). The van der Waals surface area contributed by atoms with Crippen LogP contribution in [0.5, 0.6) is 0 Å². The van der Waals surface area contributed by atoms with Crippen LogP contribution in [0.2, 0.25) is 0 Å². The fourth-order valence-corrected chi connectivity index (χ4v) is 1.31. The Kier molecular flexibility index (Phi) is 1.35. The monoisotopic (exact) mass is 187 g/mol. The summed E-state index contributed by atoms with van der Waals surface area (Å²) in [7, 11) is 0. The smallest absolute Gasteiger partial charge is 0.226 e. The van der Waals surface area contributed by atoms with E-state index in [2.05, 4.69) is 30.1 Å². The summed E-state index contributed by atoms with van der Waals surface area (Å²) in [5, 5.41) is 10.7. The summed E-state index contributed by atoms with van der Waals surface area (Å²) >= 11 is 0. The van der Waals surface area contributed by atoms with E-state index < -0.39 is 0 Å². The van der Waals surface area contributed by atoms with Crippen molar-refractivity contribution in [2.75, 3.05) is 0 Å². The number of rotatable bonds is 1. The maximum atomic E-state index is 4.42. The van der Waals surface area contributed by atoms with Crippen LogP contribution in [-0.2, 0) is 0 Å². The molecule has 0 amide bonds. The van der Waals surface area contributed by atoms with Gasteiger partial charge in [-0.2, -0.15) is 0 Å². The number of hydrogen-bond acceptors (Lipinski definition) is 5. The van der Waals surface area contributed by atoms with Gasteiger partial charge in [0, 0.05) is 5.56 Å². The summed E-state index contributed by atoms with van der Waals surface area (Å²) in [6, 6.07) is 5.67. The van der Waals surface area contributed by atoms with Crippen molar-refractivity contribution in [3.8, 4) is 11.4 Å². The van der Waals surface area contributed by atoms with Crippen LogP contribution in [0.4, 0.5) is 0 Å². The van der Waals surface area contributed by atoms with Gasteiger partial charge < -0.3 is 4.98 Å². The van der Waals surface area contributed by atoms with Gasteiger partial charge in [-0.05, 0) is 23.4 Å². The third-order valence-electron chi connectivity index (χ3n) is 1.98. The first kappa shape index (κ1) is 7.19. The summed E-state index contributed by atoms with van der Waals surface area (Å²) in [5.41, 5.74) is 2.68. The second-order valence-corrected chi connectivity index (χ2v) is 2.81. The number of nitrogens with zero attached hydrogens (tertiary/aromatic N) is 4. The lowest BCUT2D eigenvalue weighted by Crippen LogP contribution is -1.80. The van der Waals surface area contributed by atoms with E-state index in [-0.39, 0.29) is 0 Å². The Hall–Kier alpha value is -2.24. The highest BCUT2D eigenvalue weighted by atomic mass is 16.6. The van der Waals surface area contributed by atoms with Gasteiger partial charge >= 0.3 is 0 Å². The molecule has 0 spiro atoms. The van der Waals surface area contributed by atoms with Crippen LogP contribution in [0.15, 0.2) is 29.2 Å². The molecule has 1 aromatic carbocycles. The molecule has 0 aliphatic heterocycles. The quantitative estimate of drug-likeness (QED) is 0.614. The molecule has 0 atom stereocenters. The lowest BCUT2D eigenvalue weighted by molar-refractivity contribution is 0.293. The number of benzene rings is 1. The van der Waals surface area contributed by atoms with E-state index in [4.69, 9.17) is 0 Å². The normalized spacial score (nSPS) is 10.9. The molecule has 0 aliphatic rings. The predicted molar refractivity (Wildman–Crippen MR) is 47.2 cm³/mol. The summed E-state index contributed by atoms with van der Waals surface area (Å²) < 4.78 is 4.42. The molecule has 2 heterocycles. The standard InChI is InChI=1S/C8H5N5O/c1-2-6-7(10-4-9-6)3-5(1)8-11-13-14-12-8/h1-4H,(H,9,10). The summed E-state index contributed by atoms with van der Waals surface area (Å²) in [6.07, 6.45) is 1.64. The zero-order valence-electron chi connectivity index (χ0n) is 7.01. The van der Waals surface area contributed by atoms with Gasteiger partial charge in [0.25, 0.3) is 0 Å². The molecule has 0 saturated carbocycles. The van der Waals surface area contributed by atoms with Crippen LogP contribution in [0, 0.1) is 0 Å². The maximum absolute atomic E-state index is 4.42. The molecule has 2 aromatic heterocycles. The van der Waals surface area contributed by atoms with Gasteiger partial charge in [0.1, 0.15) is 0 Å². The van der Waals surface area contributed by atoms with Crippen molar-refractivity contribution in [3.63, 3.8) is 0 Å². The van der Waals surface area contributed by atoms with Crippen LogP contribution < -0.4 is 0 Å². The van der Waals surface area contributed by atoms with Gasteiger partial charge in [-0.1, -0.05) is 5.10 Å². The Morgan fingerprint density at radius 1 is 1.29 bits per heavy atom. The Labute approximate surface area is 77.9 Å². The van der Waals surface area contributed by atoms with Gasteiger partial charge in [-0.25, -0.2) is 9.61 Å². The largest absolute Gasteiger partial charge is 0.345 e. The molecule has 0 fully saturated rings. The minimum atomic E-state index is 0.468. The number of H-pyrrole nitrogens is 1. The van der Waals surface area contributed by atoms with E-state index >= 15 is 0 Å². The van der Waals surface area contributed by atoms with E-state index in [0.29, 0.717) is 5.82 Å². The molecule has 6 heteroatoms. The number of aromatic amines is 1. The minimum Gasteiger partial charge on any atom is -0.345 e. The number of hydrogen-bond donors (Lipinski definition) is 1. The van der Waals surface area contributed by atoms with Crippen molar-refractivity contribution >= 4 is 11.0 Å². The average molecular weight is 187 g/mol. The summed E-state index contributed by atoms with van der Waals surface area (Å²) in [6.45, 7) is 0. The van der Waals surface area contributed by atoms with Crippen LogP contribution >= 0.6 is 0 Å². The first-order valence-corrected chi connectivity index (χ1v) is 4.02. The number of aromatic nitrogens is 5. The molecule has 0 unspecified atom stereocenters. The maximum Gasteiger partial charge on any atom is 0.226 e. The minimum absolute atomic E-state index is 0.468. The molecule has 0 radical (unpaired) electrons. The lowest BCUT2D eigenvalue weighted by Gasteiger charge is -1.92. The van der Waals surface area contributed by atoms with Crippen LogP contribution in [0.1, 0.15) is 0 Å². The third-order valence-corrected chi connectivity index (χ3v) is 1.98. The third kappa shape index (κ3) is 0.972. The van der Waals surface area contributed by atoms with Crippen molar-refractivity contribution in [2.45, 2.75) is 0 Å². The zero-order valence-corrected chi connectivity index (χ0v) is 7.01. The highest BCUT2D eigenvalue weighted by molar-refractivity contribution is 5.79. The van der Waals surface area contributed by atoms with Gasteiger partial charge in [0.05, 0.1) is 22.6 Å². The van der Waals surface area contributed by atoms with E-state index in [1.165, 1.54) is 0 Å². The van der Waals surface area contributed by atoms with Crippen LogP contribution in [0.25, 0.3) is 22.4 Å². The molecule has 1 N–H and O–H groups in total. The second kappa shape index (κ2) is 2.63. The van der Waals surface area contributed by atoms with Crippen molar-refractivity contribution in [3.05, 3.63) is 24.5 Å². The molecule has 68 valence electrons. The lowest BCUT2D eigenvalue weighted by atomic mass is 10.2. The first-order chi connectivity index (χ1) is 6.93. The van der Waals surface area contributed by atoms with E-state index in [1.54, 1.807) is 6.33 Å². The Balaban J connectivity index is 2.23. The SMILES string of the molecule is c1nc2cc(-c3nnon3)ccc2[nH]1. The molecule has 0 saturated heterocycles. The number of fused-ring (bicyclic) bond motifs is 1. The highest BCUT2D eigenvalue weighted by Crippen LogP contribution is 2.18. The van der Waals surface area contributed by atoms with Crippen LogP contribution in [-0.4, -0.2) is 25.5 Å². The fraction of sp³-hybridized carbons (Fsp3) is 0. The molecule has 14 heavy (non-hydrogen) atoms. The summed E-state index contributed by atoms with van der Waals surface area (Å²) in [4.78, 5) is 7.13. The number of nitrogens with one attached hydrogen (secondary N) is 1. The zero-order chi connectivity index (χ0) is 9.38. The van der Waals surface area contributed by atoms with Gasteiger partial charge in [0.15, 0.2) is 0 Å². The molecule has 0 bridgehead atoms. The first-order valence-electron chi connectivity index (χ1n) is 4.02. The van der Waals surface area contributed by atoms with Gasteiger partial charge in [0.2, 0.25) is 5.82 Å². The Morgan fingerprint density at radius 3 is 3.14 bits per heavy atom. The van der Waals surface area contributed by atoms with Crippen molar-refractivity contribution in [1.29, 1.82) is 0 Å². The van der Waals surface area contributed by atoms with Gasteiger partial charge in [-0.15, -0.1) is 0 Å². The molecule has 3 aromatic rings. The van der Waals surface area contributed by atoms with Crippen molar-refractivity contribution < 1.29 is 4.63 Å². The van der Waals surface area contributed by atoms with E-state index in [1.807, 2.05) is 18.2 Å². The highest BCUT2D eigenvalue weighted by Gasteiger charge is 2.05. The van der Waals surface area contributed by atoms with Crippen LogP contribution in [0.3, 0.4) is 0 Å². The topological polar surface area (TPSA) is 80.5 Å². The number of imidazole rings is 1. The average Bonchev–Trinajstić information content (AvgIpc) is 2.88. The Morgan fingerprint density at radius 2 is 2.29 bits per heavy atom. The molecular weight excluding hydrogens is 182 g/mol.